The molecule has 0 atom stereocenters. The zero-order valence-electron chi connectivity index (χ0n) is 14.5. The van der Waals surface area contributed by atoms with Crippen molar-refractivity contribution in [2.45, 2.75) is 6.61 Å². The van der Waals surface area contributed by atoms with Crippen LogP contribution in [0.4, 0.5) is 0 Å². The molecule has 130 valence electrons. The van der Waals surface area contributed by atoms with Gasteiger partial charge in [0.25, 0.3) is 0 Å². The monoisotopic (exact) mass is 345 g/mol. The largest absolute Gasteiger partial charge is 0.472 e. The van der Waals surface area contributed by atoms with Crippen LogP contribution >= 0.6 is 0 Å². The van der Waals surface area contributed by atoms with E-state index in [0.717, 1.165) is 16.7 Å². The van der Waals surface area contributed by atoms with Crippen molar-refractivity contribution in [1.29, 1.82) is 0 Å². The van der Waals surface area contributed by atoms with Gasteiger partial charge in [0.2, 0.25) is 5.88 Å². The van der Waals surface area contributed by atoms with Gasteiger partial charge in [0.1, 0.15) is 6.61 Å². The number of nitrogens with zero attached hydrogens (tertiary/aromatic N) is 1. The third-order valence-electron chi connectivity index (χ3n) is 3.81. The number of hydrogen-bond acceptors (Lipinski definition) is 4. The van der Waals surface area contributed by atoms with Gasteiger partial charge in [-0.1, -0.05) is 48.5 Å². The van der Waals surface area contributed by atoms with Crippen LogP contribution in [0.25, 0.3) is 12.2 Å². The normalized spacial score (nSPS) is 10.7. The Morgan fingerprint density at radius 3 is 2.46 bits per heavy atom. The highest BCUT2D eigenvalue weighted by atomic mass is 16.5. The Balaban J connectivity index is 1.71. The van der Waals surface area contributed by atoms with Crippen molar-refractivity contribution in [3.8, 4) is 5.88 Å². The number of hydrogen-bond donors (Lipinski definition) is 0. The topological polar surface area (TPSA) is 48.4 Å². The molecule has 0 N–H and O–H groups in total. The first-order valence-corrected chi connectivity index (χ1v) is 8.24. The zero-order chi connectivity index (χ0) is 18.2. The van der Waals surface area contributed by atoms with Crippen LogP contribution in [0.5, 0.6) is 5.88 Å². The van der Waals surface area contributed by atoms with Crippen molar-refractivity contribution in [1.82, 2.24) is 4.98 Å². The maximum Gasteiger partial charge on any atom is 0.337 e. The number of methoxy groups -OCH3 is 1. The van der Waals surface area contributed by atoms with Gasteiger partial charge in [-0.05, 0) is 41.5 Å². The summed E-state index contributed by atoms with van der Waals surface area (Å²) in [5.41, 5.74) is 3.47. The van der Waals surface area contributed by atoms with Crippen molar-refractivity contribution < 1.29 is 14.3 Å². The molecule has 0 aliphatic heterocycles. The van der Waals surface area contributed by atoms with Crippen LogP contribution in [0.2, 0.25) is 0 Å². The number of benzene rings is 2. The van der Waals surface area contributed by atoms with E-state index < -0.39 is 0 Å². The highest BCUT2D eigenvalue weighted by Crippen LogP contribution is 2.19. The van der Waals surface area contributed by atoms with Gasteiger partial charge in [-0.3, -0.25) is 0 Å². The predicted octanol–water partition coefficient (Wildman–Crippen LogP) is 4.62. The molecule has 3 aromatic rings. The van der Waals surface area contributed by atoms with E-state index in [1.807, 2.05) is 66.7 Å². The molecule has 26 heavy (non-hydrogen) atoms. The van der Waals surface area contributed by atoms with Crippen LogP contribution in [0.15, 0.2) is 72.9 Å². The lowest BCUT2D eigenvalue weighted by Gasteiger charge is -2.08. The van der Waals surface area contributed by atoms with Crippen molar-refractivity contribution in [2.75, 3.05) is 7.11 Å². The molecule has 0 unspecified atom stereocenters. The second kappa shape index (κ2) is 8.62. The van der Waals surface area contributed by atoms with E-state index in [2.05, 4.69) is 4.98 Å². The summed E-state index contributed by atoms with van der Waals surface area (Å²) in [5.74, 6) is 0.239. The second-order valence-corrected chi connectivity index (χ2v) is 5.62. The molecule has 0 radical (unpaired) electrons. The zero-order valence-corrected chi connectivity index (χ0v) is 14.5. The molecule has 0 aliphatic rings. The lowest BCUT2D eigenvalue weighted by atomic mass is 10.1. The number of aromatic nitrogens is 1. The van der Waals surface area contributed by atoms with Crippen molar-refractivity contribution in [2.24, 2.45) is 0 Å². The Hall–Kier alpha value is -3.40. The van der Waals surface area contributed by atoms with Gasteiger partial charge < -0.3 is 9.47 Å². The van der Waals surface area contributed by atoms with Gasteiger partial charge in [0, 0.05) is 11.8 Å². The van der Waals surface area contributed by atoms with Gasteiger partial charge in [0.15, 0.2) is 0 Å². The van der Waals surface area contributed by atoms with Crippen LogP contribution in [-0.4, -0.2) is 18.1 Å². The van der Waals surface area contributed by atoms with Crippen LogP contribution in [0.1, 0.15) is 27.0 Å². The average Bonchev–Trinajstić information content (AvgIpc) is 2.72. The first kappa shape index (κ1) is 17.4. The molecule has 0 bridgehead atoms. The van der Waals surface area contributed by atoms with Gasteiger partial charge in [-0.2, -0.15) is 0 Å². The summed E-state index contributed by atoms with van der Waals surface area (Å²) in [6.45, 7) is 0.465. The second-order valence-electron chi connectivity index (χ2n) is 5.62. The fourth-order valence-electron chi connectivity index (χ4n) is 2.41. The van der Waals surface area contributed by atoms with E-state index >= 15 is 0 Å². The molecule has 4 nitrogen and oxygen atoms in total. The molecule has 1 aromatic heterocycles. The number of carbonyl (C=O) groups is 1. The Morgan fingerprint density at radius 2 is 1.73 bits per heavy atom. The summed E-state index contributed by atoms with van der Waals surface area (Å²) >= 11 is 0. The summed E-state index contributed by atoms with van der Waals surface area (Å²) in [6, 6.07) is 21.0. The smallest absolute Gasteiger partial charge is 0.337 e. The van der Waals surface area contributed by atoms with E-state index in [9.17, 15) is 4.79 Å². The third kappa shape index (κ3) is 4.57. The fourth-order valence-corrected chi connectivity index (χ4v) is 2.41. The van der Waals surface area contributed by atoms with Crippen LogP contribution in [0.3, 0.4) is 0 Å². The summed E-state index contributed by atoms with van der Waals surface area (Å²) < 4.78 is 10.6. The van der Waals surface area contributed by atoms with Gasteiger partial charge in [-0.25, -0.2) is 9.78 Å². The van der Waals surface area contributed by atoms with Crippen LogP contribution in [0, 0.1) is 0 Å². The molecule has 0 fully saturated rings. The first-order chi connectivity index (χ1) is 12.8. The molecular weight excluding hydrogens is 326 g/mol. The number of carbonyl (C=O) groups excluding carboxylic acids is 1. The van der Waals surface area contributed by atoms with Crippen LogP contribution in [-0.2, 0) is 11.3 Å². The highest BCUT2D eigenvalue weighted by Gasteiger charge is 2.04. The van der Waals surface area contributed by atoms with E-state index in [1.54, 1.807) is 18.3 Å². The van der Waals surface area contributed by atoms with Gasteiger partial charge in [0.05, 0.1) is 12.7 Å². The summed E-state index contributed by atoms with van der Waals surface area (Å²) in [7, 11) is 1.37. The van der Waals surface area contributed by atoms with Crippen LogP contribution < -0.4 is 4.74 Å². The first-order valence-electron chi connectivity index (χ1n) is 8.24. The molecule has 3 rings (SSSR count). The minimum atomic E-state index is -0.343. The number of rotatable bonds is 6. The molecule has 0 amide bonds. The average molecular weight is 345 g/mol. The highest BCUT2D eigenvalue weighted by molar-refractivity contribution is 5.89. The molecule has 0 saturated heterocycles. The lowest BCUT2D eigenvalue weighted by molar-refractivity contribution is 0.0600. The summed E-state index contributed by atoms with van der Waals surface area (Å²) in [6.07, 6.45) is 5.61. The van der Waals surface area contributed by atoms with Crippen molar-refractivity contribution in [3.05, 3.63) is 95.2 Å². The molecule has 0 aliphatic carbocycles. The number of pyridine rings is 1. The quantitative estimate of drug-likeness (QED) is 0.612. The Morgan fingerprint density at radius 1 is 0.962 bits per heavy atom. The SMILES string of the molecule is COC(=O)c1ccc(/C=C/c2cccnc2OCc2ccccc2)cc1. The molecular formula is C22H19NO3. The van der Waals surface area contributed by atoms with E-state index in [-0.39, 0.29) is 5.97 Å². The third-order valence-corrected chi connectivity index (χ3v) is 3.81. The Bertz CT molecular complexity index is 887. The van der Waals surface area contributed by atoms with E-state index in [1.165, 1.54) is 7.11 Å². The molecule has 0 spiro atoms. The number of esters is 1. The van der Waals surface area contributed by atoms with Gasteiger partial charge >= 0.3 is 5.97 Å². The minimum Gasteiger partial charge on any atom is -0.472 e. The predicted molar refractivity (Wildman–Crippen MR) is 102 cm³/mol. The molecule has 1 heterocycles. The standard InChI is InChI=1S/C22H19NO3/c1-25-22(24)20-13-10-17(11-14-20)9-12-19-8-5-15-23-21(19)26-16-18-6-3-2-4-7-18/h2-15H,16H2,1H3/b12-9+. The van der Waals surface area contributed by atoms with E-state index in [4.69, 9.17) is 9.47 Å². The van der Waals surface area contributed by atoms with E-state index in [0.29, 0.717) is 18.1 Å². The lowest BCUT2D eigenvalue weighted by Crippen LogP contribution is -2.00. The number of ether oxygens (including phenoxy) is 2. The Labute approximate surface area is 152 Å². The minimum absolute atomic E-state index is 0.343. The summed E-state index contributed by atoms with van der Waals surface area (Å²) in [4.78, 5) is 15.8. The fraction of sp³-hybridized carbons (Fsp3) is 0.0909. The van der Waals surface area contributed by atoms with Crippen molar-refractivity contribution in [3.63, 3.8) is 0 Å². The molecule has 2 aromatic carbocycles. The van der Waals surface area contributed by atoms with Crippen molar-refractivity contribution >= 4 is 18.1 Å². The van der Waals surface area contributed by atoms with Gasteiger partial charge in [-0.15, -0.1) is 0 Å². The summed E-state index contributed by atoms with van der Waals surface area (Å²) in [5, 5.41) is 0. The molecule has 0 saturated carbocycles. The maximum absolute atomic E-state index is 11.5. The maximum atomic E-state index is 11.5. The molecule has 4 heteroatoms. The Kier molecular flexibility index (Phi) is 5.78.